The van der Waals surface area contributed by atoms with Crippen LogP contribution in [0, 0.1) is 11.3 Å². The Morgan fingerprint density at radius 2 is 0.773 bits per heavy atom. The number of benzene rings is 10. The lowest BCUT2D eigenvalue weighted by atomic mass is 9.87. The largest absolute Gasteiger partial charge is 0.256 e. The van der Waals surface area contributed by atoms with Gasteiger partial charge in [-0.15, -0.1) is 0 Å². The van der Waals surface area contributed by atoms with Gasteiger partial charge < -0.3 is 0 Å². The molecule has 306 valence electrons. The molecular weight excluding hydrogens is 803 g/mol. The highest BCUT2D eigenvalue weighted by Crippen LogP contribution is 2.44. The second kappa shape index (κ2) is 16.2. The fraction of sp³-hybridized carbons (Fsp3) is 0. The van der Waals surface area contributed by atoms with Gasteiger partial charge in [-0.05, 0) is 114 Å². The molecule has 0 saturated carbocycles. The molecule has 0 bridgehead atoms. The van der Waals surface area contributed by atoms with Crippen molar-refractivity contribution in [1.82, 2.24) is 19.9 Å². The van der Waals surface area contributed by atoms with Crippen LogP contribution in [0.2, 0.25) is 0 Å². The Morgan fingerprint density at radius 3 is 1.45 bits per heavy atom. The summed E-state index contributed by atoms with van der Waals surface area (Å²) in [7, 11) is 0. The third kappa shape index (κ3) is 6.82. The molecular formula is C61H37N5. The zero-order valence-electron chi connectivity index (χ0n) is 35.6. The normalized spacial score (nSPS) is 11.3. The van der Waals surface area contributed by atoms with E-state index >= 15 is 0 Å². The van der Waals surface area contributed by atoms with E-state index in [1.165, 1.54) is 0 Å². The number of hydrogen-bond acceptors (Lipinski definition) is 5. The number of pyridine rings is 1. The van der Waals surface area contributed by atoms with Crippen molar-refractivity contribution < 1.29 is 0 Å². The Hall–Kier alpha value is -9.11. The average molecular weight is 840 g/mol. The minimum atomic E-state index is 0.604. The van der Waals surface area contributed by atoms with E-state index in [9.17, 15) is 5.26 Å². The predicted octanol–water partition coefficient (Wildman–Crippen LogP) is 15.4. The van der Waals surface area contributed by atoms with Gasteiger partial charge in [-0.1, -0.05) is 176 Å². The number of aromatic nitrogens is 4. The molecule has 10 aromatic carbocycles. The van der Waals surface area contributed by atoms with Crippen LogP contribution < -0.4 is 0 Å². The first-order valence-corrected chi connectivity index (χ1v) is 22.0. The highest BCUT2D eigenvalue weighted by molar-refractivity contribution is 6.24. The Morgan fingerprint density at radius 1 is 0.288 bits per heavy atom. The highest BCUT2D eigenvalue weighted by Gasteiger charge is 2.19. The van der Waals surface area contributed by atoms with Crippen molar-refractivity contribution in [1.29, 1.82) is 5.26 Å². The van der Waals surface area contributed by atoms with Crippen LogP contribution in [0.3, 0.4) is 0 Å². The number of nitrogens with zero attached hydrogens (tertiary/aromatic N) is 5. The van der Waals surface area contributed by atoms with E-state index in [1.54, 1.807) is 0 Å². The van der Waals surface area contributed by atoms with Gasteiger partial charge in [-0.2, -0.15) is 5.26 Å². The second-order valence-electron chi connectivity index (χ2n) is 16.5. The van der Waals surface area contributed by atoms with Crippen LogP contribution in [-0.2, 0) is 0 Å². The van der Waals surface area contributed by atoms with Gasteiger partial charge in [0.25, 0.3) is 0 Å². The molecule has 12 aromatic rings. The van der Waals surface area contributed by atoms with Gasteiger partial charge in [0.15, 0.2) is 17.5 Å². The Kier molecular flexibility index (Phi) is 9.48. The van der Waals surface area contributed by atoms with Gasteiger partial charge in [-0.25, -0.2) is 15.0 Å². The van der Waals surface area contributed by atoms with E-state index in [2.05, 4.69) is 158 Å². The Balaban J connectivity index is 1.02. The minimum Gasteiger partial charge on any atom is -0.256 e. The van der Waals surface area contributed by atoms with Crippen molar-refractivity contribution in [3.63, 3.8) is 0 Å². The van der Waals surface area contributed by atoms with E-state index in [4.69, 9.17) is 19.9 Å². The van der Waals surface area contributed by atoms with Crippen LogP contribution in [0.5, 0.6) is 0 Å². The maximum atomic E-state index is 9.44. The molecule has 5 nitrogen and oxygen atoms in total. The molecule has 0 amide bonds. The molecule has 0 spiro atoms. The van der Waals surface area contributed by atoms with Crippen LogP contribution >= 0.6 is 0 Å². The van der Waals surface area contributed by atoms with E-state index < -0.39 is 0 Å². The topological polar surface area (TPSA) is 75.3 Å². The number of nitriles is 1. The summed E-state index contributed by atoms with van der Waals surface area (Å²) >= 11 is 0. The van der Waals surface area contributed by atoms with Crippen molar-refractivity contribution >= 4 is 43.2 Å². The summed E-state index contributed by atoms with van der Waals surface area (Å²) in [6.45, 7) is 0. The Labute approximate surface area is 381 Å². The van der Waals surface area contributed by atoms with Gasteiger partial charge in [0.1, 0.15) is 0 Å². The van der Waals surface area contributed by atoms with E-state index in [1.807, 2.05) is 72.9 Å². The molecule has 66 heavy (non-hydrogen) atoms. The van der Waals surface area contributed by atoms with Gasteiger partial charge in [0.05, 0.1) is 17.1 Å². The molecule has 0 aliphatic carbocycles. The minimum absolute atomic E-state index is 0.604. The first-order valence-electron chi connectivity index (χ1n) is 22.0. The maximum Gasteiger partial charge on any atom is 0.164 e. The lowest BCUT2D eigenvalue weighted by molar-refractivity contribution is 1.07. The number of hydrogen-bond donors (Lipinski definition) is 0. The van der Waals surface area contributed by atoms with Gasteiger partial charge in [-0.3, -0.25) is 4.98 Å². The van der Waals surface area contributed by atoms with Gasteiger partial charge in [0.2, 0.25) is 0 Å². The van der Waals surface area contributed by atoms with E-state index in [0.29, 0.717) is 23.0 Å². The molecule has 0 unspecified atom stereocenters. The van der Waals surface area contributed by atoms with E-state index in [-0.39, 0.29) is 0 Å². The van der Waals surface area contributed by atoms with Crippen LogP contribution in [-0.4, -0.2) is 19.9 Å². The molecule has 12 rings (SSSR count). The van der Waals surface area contributed by atoms with Crippen molar-refractivity contribution in [2.75, 3.05) is 0 Å². The quantitative estimate of drug-likeness (QED) is 0.149. The first kappa shape index (κ1) is 38.6. The number of rotatable bonds is 7. The molecule has 0 radical (unpaired) electrons. The van der Waals surface area contributed by atoms with Gasteiger partial charge in [0, 0.05) is 33.8 Å². The monoisotopic (exact) mass is 839 g/mol. The fourth-order valence-electron chi connectivity index (χ4n) is 9.42. The van der Waals surface area contributed by atoms with Crippen molar-refractivity contribution in [3.05, 3.63) is 230 Å². The molecule has 0 aliphatic rings. The van der Waals surface area contributed by atoms with Gasteiger partial charge >= 0.3 is 0 Å². The fourth-order valence-corrected chi connectivity index (χ4v) is 9.42. The maximum absolute atomic E-state index is 9.44. The van der Waals surface area contributed by atoms with Crippen molar-refractivity contribution in [2.24, 2.45) is 0 Å². The highest BCUT2D eigenvalue weighted by atomic mass is 15.0. The third-order valence-electron chi connectivity index (χ3n) is 12.6. The zero-order valence-corrected chi connectivity index (χ0v) is 35.6. The van der Waals surface area contributed by atoms with Crippen LogP contribution in [0.1, 0.15) is 5.56 Å². The standard InChI is InChI=1S/C61H37N5/c62-38-39-27-29-41(30-28-39)47-31-32-52(49-23-8-7-22-48(47)49)57-37-55-51-25-10-9-24-50(51)54(36-56(55)53-26-13-33-63-58(53)57)44-19-12-21-46(35-44)61-65-59(42-16-5-2-6-17-42)64-60(66-61)45-20-11-18-43(34-45)40-14-3-1-4-15-40/h1-37H. The Bertz CT molecular complexity index is 3870. The van der Waals surface area contributed by atoms with Crippen molar-refractivity contribution in [2.45, 2.75) is 0 Å². The first-order chi connectivity index (χ1) is 32.7. The summed E-state index contributed by atoms with van der Waals surface area (Å²) in [5.74, 6) is 1.84. The average Bonchev–Trinajstić information content (AvgIpc) is 3.40. The van der Waals surface area contributed by atoms with E-state index in [0.717, 1.165) is 104 Å². The molecule has 0 atom stereocenters. The zero-order chi connectivity index (χ0) is 44.0. The molecule has 0 saturated heterocycles. The summed E-state index contributed by atoms with van der Waals surface area (Å²) in [5, 5.41) is 17.4. The molecule has 5 heteroatoms. The summed E-state index contributed by atoms with van der Waals surface area (Å²) < 4.78 is 0. The molecule has 2 aromatic heterocycles. The molecule has 2 heterocycles. The molecule has 0 fully saturated rings. The summed E-state index contributed by atoms with van der Waals surface area (Å²) in [6, 6.07) is 78.1. The lowest BCUT2D eigenvalue weighted by Crippen LogP contribution is -2.00. The van der Waals surface area contributed by atoms with Crippen LogP contribution in [0.4, 0.5) is 0 Å². The third-order valence-corrected chi connectivity index (χ3v) is 12.6. The van der Waals surface area contributed by atoms with Crippen molar-refractivity contribution in [3.8, 4) is 84.7 Å². The number of fused-ring (bicyclic) bond motifs is 6. The van der Waals surface area contributed by atoms with Crippen LogP contribution in [0.15, 0.2) is 225 Å². The molecule has 0 N–H and O–H groups in total. The lowest BCUT2D eigenvalue weighted by Gasteiger charge is -2.17. The summed E-state index contributed by atoms with van der Waals surface area (Å²) in [5.41, 5.74) is 13.1. The predicted molar refractivity (Wildman–Crippen MR) is 270 cm³/mol. The smallest absolute Gasteiger partial charge is 0.164 e. The SMILES string of the molecule is N#Cc1ccc(-c2ccc(-c3cc4c5ccccc5c(-c5cccc(-c6nc(-c7ccccc7)nc(-c7cccc(-c8ccccc8)c7)n6)c5)cc4c4cccnc34)c3ccccc23)cc1. The second-order valence-corrected chi connectivity index (χ2v) is 16.5. The van der Waals surface area contributed by atoms with Crippen LogP contribution in [0.25, 0.3) is 122 Å². The molecule has 0 aliphatic heterocycles. The summed E-state index contributed by atoms with van der Waals surface area (Å²) in [4.78, 5) is 20.4. The summed E-state index contributed by atoms with van der Waals surface area (Å²) in [6.07, 6.45) is 1.89.